The summed E-state index contributed by atoms with van der Waals surface area (Å²) in [6.07, 6.45) is 8.13. The minimum absolute atomic E-state index is 0.0272. The third kappa shape index (κ3) is 4.36. The number of nitrogens with two attached hydrogens (primary N) is 1. The summed E-state index contributed by atoms with van der Waals surface area (Å²) in [5.41, 5.74) is 9.77. The summed E-state index contributed by atoms with van der Waals surface area (Å²) in [4.78, 5) is 0. The van der Waals surface area contributed by atoms with Crippen molar-refractivity contribution in [3.8, 4) is 0 Å². The minimum Gasteiger partial charge on any atom is -0.418 e. The molecule has 1 fully saturated rings. The second-order valence-electron chi connectivity index (χ2n) is 11.6. The van der Waals surface area contributed by atoms with Gasteiger partial charge in [0.25, 0.3) is 0 Å². The van der Waals surface area contributed by atoms with Crippen LogP contribution < -0.4 is 5.73 Å². The van der Waals surface area contributed by atoms with Crippen molar-refractivity contribution in [2.75, 3.05) is 5.73 Å². The molecule has 0 aromatic heterocycles. The Labute approximate surface area is 177 Å². The van der Waals surface area contributed by atoms with Gasteiger partial charge in [-0.2, -0.15) is 0 Å². The summed E-state index contributed by atoms with van der Waals surface area (Å²) in [6, 6.07) is 6.70. The van der Waals surface area contributed by atoms with E-state index in [2.05, 4.69) is 73.6 Å². The van der Waals surface area contributed by atoms with Gasteiger partial charge in [0.1, 0.15) is 10.5 Å². The number of benzene rings is 1. The van der Waals surface area contributed by atoms with Gasteiger partial charge >= 0.3 is 0 Å². The van der Waals surface area contributed by atoms with E-state index in [-0.39, 0.29) is 21.8 Å². The Bertz CT molecular complexity index is 666. The topological polar surface area (TPSA) is 35.2 Å². The molecule has 160 valence electrons. The van der Waals surface area contributed by atoms with E-state index in [0.717, 1.165) is 11.6 Å². The quantitative estimate of drug-likeness (QED) is 0.476. The zero-order valence-corrected chi connectivity index (χ0v) is 22.0. The lowest BCUT2D eigenvalue weighted by atomic mass is 9.53. The second-order valence-corrected chi connectivity index (χ2v) is 12.0. The maximum absolute atomic E-state index is 6.55. The summed E-state index contributed by atoms with van der Waals surface area (Å²) in [5.74, 6) is 0.806. The van der Waals surface area contributed by atoms with E-state index < -0.39 is 0 Å². The Kier molecular flexibility index (Phi) is 6.83. The molecule has 1 saturated carbocycles. The molecule has 0 saturated heterocycles. The third-order valence-electron chi connectivity index (χ3n) is 7.95. The van der Waals surface area contributed by atoms with Gasteiger partial charge in [0.05, 0.1) is 5.60 Å². The van der Waals surface area contributed by atoms with Gasteiger partial charge in [0.15, 0.2) is 0 Å². The molecule has 1 aliphatic carbocycles. The van der Waals surface area contributed by atoms with Gasteiger partial charge in [-0.1, -0.05) is 92.7 Å². The van der Waals surface area contributed by atoms with Crippen molar-refractivity contribution in [3.63, 3.8) is 0 Å². The molecular weight excluding hydrogens is 358 g/mol. The van der Waals surface area contributed by atoms with E-state index in [1.54, 1.807) is 0 Å². The maximum Gasteiger partial charge on any atom is 0.147 e. The fourth-order valence-corrected chi connectivity index (χ4v) is 6.08. The van der Waals surface area contributed by atoms with Gasteiger partial charge < -0.3 is 10.2 Å². The van der Waals surface area contributed by atoms with Crippen molar-refractivity contribution < 1.29 is 4.43 Å². The molecule has 2 unspecified atom stereocenters. The molecule has 1 aromatic carbocycles. The van der Waals surface area contributed by atoms with Crippen molar-refractivity contribution >= 4 is 16.2 Å². The molecule has 1 aliphatic rings. The summed E-state index contributed by atoms with van der Waals surface area (Å²) < 4.78 is 6.52. The van der Waals surface area contributed by atoms with Crippen molar-refractivity contribution in [3.05, 3.63) is 29.3 Å². The lowest BCUT2D eigenvalue weighted by Crippen LogP contribution is -2.52. The molecule has 0 spiro atoms. The SMILES string of the molecule is CC(C)(C)c1ccc(C(C)(O[SiH3])C(C)(CC2CCCCC2)C(C)(C)C)cc1N. The molecule has 0 aliphatic heterocycles. The maximum atomic E-state index is 6.55. The average molecular weight is 404 g/mol. The van der Waals surface area contributed by atoms with Crippen LogP contribution in [0.25, 0.3) is 0 Å². The summed E-state index contributed by atoms with van der Waals surface area (Å²) in [6.45, 7) is 18.6. The highest BCUT2D eigenvalue weighted by atomic mass is 28.2. The zero-order valence-electron chi connectivity index (χ0n) is 20.0. The van der Waals surface area contributed by atoms with Crippen LogP contribution in [-0.2, 0) is 15.4 Å². The first-order valence-electron chi connectivity index (χ1n) is 11.2. The smallest absolute Gasteiger partial charge is 0.147 e. The summed E-state index contributed by atoms with van der Waals surface area (Å²) in [7, 11) is 0.711. The number of rotatable bonds is 5. The van der Waals surface area contributed by atoms with Crippen LogP contribution in [-0.4, -0.2) is 10.5 Å². The molecule has 0 bridgehead atoms. The predicted molar refractivity (Wildman–Crippen MR) is 127 cm³/mol. The number of anilines is 1. The first-order chi connectivity index (χ1) is 12.8. The van der Waals surface area contributed by atoms with Crippen LogP contribution in [0.15, 0.2) is 18.2 Å². The number of hydrogen-bond donors (Lipinski definition) is 1. The van der Waals surface area contributed by atoms with E-state index in [4.69, 9.17) is 10.2 Å². The van der Waals surface area contributed by atoms with Crippen LogP contribution in [0, 0.1) is 16.7 Å². The Balaban J connectivity index is 2.53. The van der Waals surface area contributed by atoms with Gasteiger partial charge in [-0.25, -0.2) is 0 Å². The molecule has 2 N–H and O–H groups in total. The second kappa shape index (κ2) is 8.14. The summed E-state index contributed by atoms with van der Waals surface area (Å²) in [5, 5.41) is 0. The Morgan fingerprint density at radius 3 is 1.96 bits per heavy atom. The highest BCUT2D eigenvalue weighted by Crippen LogP contribution is 2.58. The zero-order chi connectivity index (χ0) is 21.4. The third-order valence-corrected chi connectivity index (χ3v) is 8.77. The molecule has 2 rings (SSSR count). The highest BCUT2D eigenvalue weighted by Gasteiger charge is 2.53. The lowest BCUT2D eigenvalue weighted by Gasteiger charge is -2.56. The van der Waals surface area contributed by atoms with E-state index >= 15 is 0 Å². The highest BCUT2D eigenvalue weighted by molar-refractivity contribution is 5.98. The first-order valence-corrected chi connectivity index (χ1v) is 12.0. The van der Waals surface area contributed by atoms with Gasteiger partial charge in [0.2, 0.25) is 0 Å². The average Bonchev–Trinajstić information content (AvgIpc) is 2.59. The first kappa shape index (κ1) is 23.5. The molecule has 28 heavy (non-hydrogen) atoms. The number of hydrogen-bond acceptors (Lipinski definition) is 2. The lowest BCUT2D eigenvalue weighted by molar-refractivity contribution is -0.119. The molecule has 3 heteroatoms. The summed E-state index contributed by atoms with van der Waals surface area (Å²) >= 11 is 0. The Morgan fingerprint density at radius 1 is 0.964 bits per heavy atom. The van der Waals surface area contributed by atoms with Crippen LogP contribution in [0.2, 0.25) is 0 Å². The van der Waals surface area contributed by atoms with Gasteiger partial charge in [0, 0.05) is 11.1 Å². The van der Waals surface area contributed by atoms with E-state index in [1.165, 1.54) is 49.7 Å². The molecule has 1 aromatic rings. The standard InChI is InChI=1S/C25H45NOSi/c1-22(2,3)20-15-14-19(16-21(20)26)25(8,27-28)24(7,23(4,5)6)17-18-12-10-9-11-13-18/h14-16,18H,9-13,17,26H2,1-8,28H3. The van der Waals surface area contributed by atoms with Gasteiger partial charge in [-0.3, -0.25) is 0 Å². The molecule has 2 atom stereocenters. The molecule has 0 amide bonds. The van der Waals surface area contributed by atoms with Crippen molar-refractivity contribution in [1.29, 1.82) is 0 Å². The normalized spacial score (nSPS) is 21.3. The molecular formula is C25H45NOSi. The van der Waals surface area contributed by atoms with Crippen LogP contribution in [0.4, 0.5) is 5.69 Å². The van der Waals surface area contributed by atoms with Crippen LogP contribution in [0.5, 0.6) is 0 Å². The fraction of sp³-hybridized carbons (Fsp3) is 0.760. The van der Waals surface area contributed by atoms with Crippen molar-refractivity contribution in [1.82, 2.24) is 0 Å². The molecule has 2 nitrogen and oxygen atoms in total. The Morgan fingerprint density at radius 2 is 1.54 bits per heavy atom. The number of nitrogen functional groups attached to an aromatic ring is 1. The van der Waals surface area contributed by atoms with Crippen LogP contribution >= 0.6 is 0 Å². The minimum atomic E-state index is -0.334. The van der Waals surface area contributed by atoms with Crippen LogP contribution in [0.1, 0.15) is 105 Å². The Hall–Kier alpha value is -0.803. The predicted octanol–water partition coefficient (Wildman–Crippen LogP) is 6.10. The monoisotopic (exact) mass is 403 g/mol. The van der Waals surface area contributed by atoms with Crippen LogP contribution in [0.3, 0.4) is 0 Å². The van der Waals surface area contributed by atoms with Gasteiger partial charge in [-0.15, -0.1) is 0 Å². The molecule has 0 heterocycles. The fourth-order valence-electron chi connectivity index (χ4n) is 5.39. The van der Waals surface area contributed by atoms with Crippen molar-refractivity contribution in [2.45, 2.75) is 105 Å². The van der Waals surface area contributed by atoms with E-state index in [1.807, 2.05) is 0 Å². The van der Waals surface area contributed by atoms with E-state index in [9.17, 15) is 0 Å². The molecule has 0 radical (unpaired) electrons. The van der Waals surface area contributed by atoms with Gasteiger partial charge in [-0.05, 0) is 47.3 Å². The largest absolute Gasteiger partial charge is 0.418 e. The van der Waals surface area contributed by atoms with Crippen molar-refractivity contribution in [2.24, 2.45) is 16.7 Å². The van der Waals surface area contributed by atoms with E-state index in [0.29, 0.717) is 10.5 Å².